The Morgan fingerprint density at radius 1 is 1.25 bits per heavy atom. The first-order valence-electron chi connectivity index (χ1n) is 5.42. The van der Waals surface area contributed by atoms with Gasteiger partial charge in [-0.2, -0.15) is 0 Å². The minimum absolute atomic E-state index is 0.0593. The van der Waals surface area contributed by atoms with Crippen molar-refractivity contribution in [1.82, 2.24) is 4.90 Å². The number of aryl methyl sites for hydroxylation is 2. The molecule has 1 amide bonds. The van der Waals surface area contributed by atoms with Gasteiger partial charge in [-0.1, -0.05) is 6.07 Å². The first-order valence-corrected chi connectivity index (χ1v) is 5.42. The van der Waals surface area contributed by atoms with E-state index < -0.39 is 0 Å². The zero-order chi connectivity index (χ0) is 12.1. The van der Waals surface area contributed by atoms with E-state index in [-0.39, 0.29) is 5.91 Å². The molecule has 0 aliphatic carbocycles. The van der Waals surface area contributed by atoms with Crippen LogP contribution in [0.3, 0.4) is 0 Å². The van der Waals surface area contributed by atoms with Crippen LogP contribution in [0.25, 0.3) is 0 Å². The van der Waals surface area contributed by atoms with E-state index in [0.29, 0.717) is 13.2 Å². The number of benzene rings is 1. The van der Waals surface area contributed by atoms with E-state index in [2.05, 4.69) is 6.07 Å². The van der Waals surface area contributed by atoms with Crippen molar-refractivity contribution in [3.63, 3.8) is 0 Å². The van der Waals surface area contributed by atoms with E-state index in [1.54, 1.807) is 18.9 Å². The van der Waals surface area contributed by atoms with Crippen molar-refractivity contribution in [2.24, 2.45) is 0 Å². The van der Waals surface area contributed by atoms with Crippen LogP contribution in [0.4, 0.5) is 0 Å². The van der Waals surface area contributed by atoms with E-state index in [9.17, 15) is 4.79 Å². The summed E-state index contributed by atoms with van der Waals surface area (Å²) in [5.41, 5.74) is 2.38. The fourth-order valence-electron chi connectivity index (χ4n) is 1.47. The molecule has 3 heteroatoms. The molecule has 0 spiro atoms. The lowest BCUT2D eigenvalue weighted by Crippen LogP contribution is -2.28. The van der Waals surface area contributed by atoms with E-state index >= 15 is 0 Å². The monoisotopic (exact) mass is 221 g/mol. The lowest BCUT2D eigenvalue weighted by atomic mass is 10.1. The Morgan fingerprint density at radius 3 is 2.31 bits per heavy atom. The number of carbonyl (C=O) groups is 1. The minimum Gasteiger partial charge on any atom is -0.492 e. The van der Waals surface area contributed by atoms with E-state index in [0.717, 1.165) is 5.75 Å². The lowest BCUT2D eigenvalue weighted by Gasteiger charge is -2.15. The fourth-order valence-corrected chi connectivity index (χ4v) is 1.47. The molecular formula is C13H19NO2. The topological polar surface area (TPSA) is 29.5 Å². The molecule has 0 unspecified atom stereocenters. The van der Waals surface area contributed by atoms with Crippen molar-refractivity contribution in [2.75, 3.05) is 20.2 Å². The maximum absolute atomic E-state index is 11.0. The number of rotatable bonds is 4. The Morgan fingerprint density at radius 2 is 1.81 bits per heavy atom. The van der Waals surface area contributed by atoms with Crippen LogP contribution in [0.15, 0.2) is 18.2 Å². The first kappa shape index (κ1) is 12.6. The molecule has 0 radical (unpaired) electrons. The summed E-state index contributed by atoms with van der Waals surface area (Å²) in [7, 11) is 1.77. The Labute approximate surface area is 97.0 Å². The van der Waals surface area contributed by atoms with Crippen molar-refractivity contribution in [2.45, 2.75) is 20.8 Å². The molecule has 0 atom stereocenters. The number of likely N-dealkylation sites (N-methyl/N-ethyl adjacent to an activating group) is 1. The lowest BCUT2D eigenvalue weighted by molar-refractivity contribution is -0.127. The smallest absolute Gasteiger partial charge is 0.219 e. The molecule has 0 saturated heterocycles. The Kier molecular flexibility index (Phi) is 4.35. The second kappa shape index (κ2) is 5.54. The number of carbonyl (C=O) groups excluding carboxylic acids is 1. The van der Waals surface area contributed by atoms with Crippen molar-refractivity contribution < 1.29 is 9.53 Å². The molecular weight excluding hydrogens is 202 g/mol. The van der Waals surface area contributed by atoms with Crippen LogP contribution in [-0.4, -0.2) is 31.0 Å². The van der Waals surface area contributed by atoms with Gasteiger partial charge in [0.25, 0.3) is 0 Å². The molecule has 88 valence electrons. The molecule has 1 rings (SSSR count). The van der Waals surface area contributed by atoms with Crippen LogP contribution in [0.5, 0.6) is 5.75 Å². The minimum atomic E-state index is 0.0593. The van der Waals surface area contributed by atoms with Gasteiger partial charge in [0.05, 0.1) is 6.54 Å². The van der Waals surface area contributed by atoms with Gasteiger partial charge in [-0.05, 0) is 37.1 Å². The predicted octanol–water partition coefficient (Wildman–Crippen LogP) is 2.16. The number of hydrogen-bond donors (Lipinski definition) is 0. The highest BCUT2D eigenvalue weighted by Gasteiger charge is 2.02. The van der Waals surface area contributed by atoms with Crippen LogP contribution < -0.4 is 4.74 Å². The van der Waals surface area contributed by atoms with Crippen LogP contribution in [0.2, 0.25) is 0 Å². The van der Waals surface area contributed by atoms with Crippen LogP contribution in [0.1, 0.15) is 18.1 Å². The van der Waals surface area contributed by atoms with Gasteiger partial charge < -0.3 is 9.64 Å². The van der Waals surface area contributed by atoms with Crippen molar-refractivity contribution in [3.8, 4) is 5.75 Å². The van der Waals surface area contributed by atoms with E-state index in [1.807, 2.05) is 26.0 Å². The zero-order valence-corrected chi connectivity index (χ0v) is 10.4. The summed E-state index contributed by atoms with van der Waals surface area (Å²) >= 11 is 0. The normalized spacial score (nSPS) is 10.0. The molecule has 0 saturated carbocycles. The second-order valence-corrected chi connectivity index (χ2v) is 4.11. The van der Waals surface area contributed by atoms with Crippen LogP contribution in [-0.2, 0) is 4.79 Å². The Balaban J connectivity index is 2.46. The molecule has 16 heavy (non-hydrogen) atoms. The van der Waals surface area contributed by atoms with Gasteiger partial charge >= 0.3 is 0 Å². The van der Waals surface area contributed by atoms with Gasteiger partial charge in [0.2, 0.25) is 5.91 Å². The predicted molar refractivity (Wildman–Crippen MR) is 64.7 cm³/mol. The number of ether oxygens (including phenoxy) is 1. The molecule has 0 aliphatic rings. The number of hydrogen-bond acceptors (Lipinski definition) is 2. The summed E-state index contributed by atoms with van der Waals surface area (Å²) in [5.74, 6) is 0.929. The molecule has 0 aromatic heterocycles. The third kappa shape index (κ3) is 3.93. The van der Waals surface area contributed by atoms with Gasteiger partial charge in [-0.15, -0.1) is 0 Å². The fraction of sp³-hybridized carbons (Fsp3) is 0.462. The molecule has 1 aromatic rings. The number of nitrogens with zero attached hydrogens (tertiary/aromatic N) is 1. The Hall–Kier alpha value is -1.51. The van der Waals surface area contributed by atoms with Gasteiger partial charge in [0.15, 0.2) is 0 Å². The average molecular weight is 221 g/mol. The summed E-state index contributed by atoms with van der Waals surface area (Å²) in [5, 5.41) is 0. The number of amides is 1. The molecule has 0 fully saturated rings. The van der Waals surface area contributed by atoms with Crippen LogP contribution in [0, 0.1) is 13.8 Å². The summed E-state index contributed by atoms with van der Waals surface area (Å²) < 4.78 is 5.59. The van der Waals surface area contributed by atoms with Crippen molar-refractivity contribution >= 4 is 5.91 Å². The van der Waals surface area contributed by atoms with Crippen molar-refractivity contribution in [3.05, 3.63) is 29.3 Å². The largest absolute Gasteiger partial charge is 0.492 e. The van der Waals surface area contributed by atoms with E-state index in [4.69, 9.17) is 4.74 Å². The molecule has 0 aliphatic heterocycles. The van der Waals surface area contributed by atoms with Gasteiger partial charge in [-0.3, -0.25) is 4.79 Å². The molecule has 3 nitrogen and oxygen atoms in total. The van der Waals surface area contributed by atoms with E-state index in [1.165, 1.54) is 11.1 Å². The molecule has 1 aromatic carbocycles. The quantitative estimate of drug-likeness (QED) is 0.779. The zero-order valence-electron chi connectivity index (χ0n) is 10.4. The molecule has 0 N–H and O–H groups in total. The molecule has 0 heterocycles. The SMILES string of the molecule is CC(=O)N(C)CCOc1cc(C)cc(C)c1. The highest BCUT2D eigenvalue weighted by molar-refractivity contribution is 5.72. The second-order valence-electron chi connectivity index (χ2n) is 4.11. The highest BCUT2D eigenvalue weighted by Crippen LogP contribution is 2.15. The standard InChI is InChI=1S/C13H19NO2/c1-10-7-11(2)9-13(8-10)16-6-5-14(4)12(3)15/h7-9H,5-6H2,1-4H3. The third-order valence-corrected chi connectivity index (χ3v) is 2.43. The maximum Gasteiger partial charge on any atom is 0.219 e. The maximum atomic E-state index is 11.0. The van der Waals surface area contributed by atoms with Crippen LogP contribution >= 0.6 is 0 Å². The van der Waals surface area contributed by atoms with Gasteiger partial charge in [0.1, 0.15) is 12.4 Å². The summed E-state index contributed by atoms with van der Waals surface area (Å²) in [6.45, 7) is 6.78. The highest BCUT2D eigenvalue weighted by atomic mass is 16.5. The molecule has 0 bridgehead atoms. The Bertz CT molecular complexity index is 354. The first-order chi connectivity index (χ1) is 7.49. The van der Waals surface area contributed by atoms with Gasteiger partial charge in [-0.25, -0.2) is 0 Å². The summed E-state index contributed by atoms with van der Waals surface area (Å²) in [4.78, 5) is 12.6. The van der Waals surface area contributed by atoms with Crippen molar-refractivity contribution in [1.29, 1.82) is 0 Å². The third-order valence-electron chi connectivity index (χ3n) is 2.43. The summed E-state index contributed by atoms with van der Waals surface area (Å²) in [6, 6.07) is 6.11. The average Bonchev–Trinajstić information content (AvgIpc) is 2.15. The summed E-state index contributed by atoms with van der Waals surface area (Å²) in [6.07, 6.45) is 0. The van der Waals surface area contributed by atoms with Gasteiger partial charge in [0, 0.05) is 14.0 Å².